The molecule has 1 N–H and O–H groups in total. The van der Waals surface area contributed by atoms with Crippen molar-refractivity contribution in [2.75, 3.05) is 0 Å². The van der Waals surface area contributed by atoms with Crippen molar-refractivity contribution in [3.05, 3.63) is 12.2 Å². The summed E-state index contributed by atoms with van der Waals surface area (Å²) in [6.07, 6.45) is 10.9. The first kappa shape index (κ1) is 16.8. The normalized spacial score (nSPS) is 55.7. The molecule has 0 bridgehead atoms. The topological polar surface area (TPSA) is 37.3 Å². The summed E-state index contributed by atoms with van der Waals surface area (Å²) in [6.45, 7) is 11.6. The van der Waals surface area contributed by atoms with Crippen LogP contribution in [-0.4, -0.2) is 17.0 Å². The molecule has 3 fully saturated rings. The number of ketones is 1. The van der Waals surface area contributed by atoms with Gasteiger partial charge in [-0.3, -0.25) is 4.79 Å². The van der Waals surface area contributed by atoms with E-state index in [0.29, 0.717) is 23.5 Å². The fourth-order valence-corrected chi connectivity index (χ4v) is 7.78. The number of allylic oxidation sites excluding steroid dienone is 2. The van der Waals surface area contributed by atoms with E-state index in [4.69, 9.17) is 0 Å². The molecule has 7 atom stereocenters. The molecule has 24 heavy (non-hydrogen) atoms. The average Bonchev–Trinajstić information content (AvgIpc) is 2.76. The first-order valence-corrected chi connectivity index (χ1v) is 9.99. The molecule has 0 saturated heterocycles. The SMILES string of the molecule is CC1(C)C(=O)C=CC2(C)C3CCC4(C)C(O)CCC4(C)C3CCC12. The van der Waals surface area contributed by atoms with Crippen molar-refractivity contribution >= 4 is 5.78 Å². The van der Waals surface area contributed by atoms with Crippen molar-refractivity contribution in [2.45, 2.75) is 79.2 Å². The predicted octanol–water partition coefficient (Wildman–Crippen LogP) is 4.76. The van der Waals surface area contributed by atoms with Gasteiger partial charge in [0.15, 0.2) is 5.78 Å². The molecule has 0 aliphatic heterocycles. The minimum Gasteiger partial charge on any atom is -0.393 e. The van der Waals surface area contributed by atoms with Crippen molar-refractivity contribution in [1.29, 1.82) is 0 Å². The van der Waals surface area contributed by atoms with E-state index in [1.54, 1.807) is 0 Å². The zero-order chi connectivity index (χ0) is 17.5. The smallest absolute Gasteiger partial charge is 0.161 e. The van der Waals surface area contributed by atoms with E-state index in [1.165, 1.54) is 19.3 Å². The van der Waals surface area contributed by atoms with Crippen molar-refractivity contribution in [3.8, 4) is 0 Å². The summed E-state index contributed by atoms with van der Waals surface area (Å²) >= 11 is 0. The quantitative estimate of drug-likeness (QED) is 0.695. The number of carbonyl (C=O) groups excluding carboxylic acids is 1. The Bertz CT molecular complexity index is 605. The van der Waals surface area contributed by atoms with Crippen molar-refractivity contribution in [3.63, 3.8) is 0 Å². The lowest BCUT2D eigenvalue weighted by atomic mass is 9.40. The van der Waals surface area contributed by atoms with Gasteiger partial charge in [-0.2, -0.15) is 0 Å². The molecule has 0 amide bonds. The summed E-state index contributed by atoms with van der Waals surface area (Å²) in [5.41, 5.74) is 0.243. The second-order valence-corrected chi connectivity index (χ2v) is 10.6. The number of aliphatic hydroxyl groups is 1. The second kappa shape index (κ2) is 4.75. The van der Waals surface area contributed by atoms with Crippen LogP contribution in [-0.2, 0) is 4.79 Å². The molecule has 0 aromatic rings. The molecule has 0 aromatic heterocycles. The molecule has 2 nitrogen and oxygen atoms in total. The number of hydrogen-bond donors (Lipinski definition) is 1. The van der Waals surface area contributed by atoms with E-state index in [-0.39, 0.29) is 27.8 Å². The van der Waals surface area contributed by atoms with Crippen LogP contribution >= 0.6 is 0 Å². The fourth-order valence-electron chi connectivity index (χ4n) is 7.78. The van der Waals surface area contributed by atoms with Crippen LogP contribution in [0.25, 0.3) is 0 Å². The molecule has 2 heteroatoms. The number of rotatable bonds is 0. The van der Waals surface area contributed by atoms with Gasteiger partial charge < -0.3 is 5.11 Å². The summed E-state index contributed by atoms with van der Waals surface area (Å²) < 4.78 is 0. The van der Waals surface area contributed by atoms with Gasteiger partial charge in [0, 0.05) is 5.41 Å². The van der Waals surface area contributed by atoms with Gasteiger partial charge in [0.25, 0.3) is 0 Å². The summed E-state index contributed by atoms with van der Waals surface area (Å²) in [7, 11) is 0. The Morgan fingerprint density at radius 3 is 2.29 bits per heavy atom. The standard InChI is InChI=1S/C22H34O2/c1-19(2)16-7-6-15-14(20(16,3)11-9-17(19)23)8-12-22(5)18(24)10-13-21(15,22)4/h9,11,14-16,18,24H,6-8,10,12-13H2,1-5H3. The van der Waals surface area contributed by atoms with Crippen molar-refractivity contribution in [1.82, 2.24) is 0 Å². The summed E-state index contributed by atoms with van der Waals surface area (Å²) in [5.74, 6) is 2.11. The van der Waals surface area contributed by atoms with Gasteiger partial charge in [0.1, 0.15) is 0 Å². The molecule has 0 radical (unpaired) electrons. The molecule has 0 spiro atoms. The van der Waals surface area contributed by atoms with Gasteiger partial charge in [-0.05, 0) is 78.6 Å². The highest BCUT2D eigenvalue weighted by atomic mass is 16.3. The van der Waals surface area contributed by atoms with E-state index in [2.05, 4.69) is 40.7 Å². The van der Waals surface area contributed by atoms with Gasteiger partial charge in [-0.15, -0.1) is 0 Å². The Kier molecular flexibility index (Phi) is 3.33. The summed E-state index contributed by atoms with van der Waals surface area (Å²) in [4.78, 5) is 12.5. The van der Waals surface area contributed by atoms with Crippen LogP contribution in [0.1, 0.15) is 73.1 Å². The van der Waals surface area contributed by atoms with Gasteiger partial charge in [0.05, 0.1) is 6.10 Å². The molecule has 4 rings (SSSR count). The van der Waals surface area contributed by atoms with Gasteiger partial charge in [-0.25, -0.2) is 0 Å². The molecule has 0 heterocycles. The zero-order valence-electron chi connectivity index (χ0n) is 16.1. The fraction of sp³-hybridized carbons (Fsp3) is 0.864. The molecule has 4 aliphatic carbocycles. The number of fused-ring (bicyclic) bond motifs is 5. The van der Waals surface area contributed by atoms with Gasteiger partial charge in [0.2, 0.25) is 0 Å². The number of aliphatic hydroxyl groups excluding tert-OH is 1. The maximum absolute atomic E-state index is 12.5. The molecule has 134 valence electrons. The predicted molar refractivity (Wildman–Crippen MR) is 96.4 cm³/mol. The maximum atomic E-state index is 12.5. The first-order chi connectivity index (χ1) is 11.1. The van der Waals surface area contributed by atoms with Crippen LogP contribution in [0.15, 0.2) is 12.2 Å². The zero-order valence-corrected chi connectivity index (χ0v) is 16.1. The van der Waals surface area contributed by atoms with E-state index >= 15 is 0 Å². The van der Waals surface area contributed by atoms with E-state index in [0.717, 1.165) is 19.3 Å². The number of hydrogen-bond acceptors (Lipinski definition) is 2. The minimum absolute atomic E-state index is 0.0844. The van der Waals surface area contributed by atoms with E-state index in [9.17, 15) is 9.90 Å². The summed E-state index contributed by atoms with van der Waals surface area (Å²) in [5, 5.41) is 10.7. The molecular formula is C22H34O2. The van der Waals surface area contributed by atoms with E-state index in [1.807, 2.05) is 6.08 Å². The lowest BCUT2D eigenvalue weighted by molar-refractivity contribution is -0.163. The van der Waals surface area contributed by atoms with E-state index < -0.39 is 0 Å². The van der Waals surface area contributed by atoms with Crippen LogP contribution in [0.2, 0.25) is 0 Å². The Balaban J connectivity index is 1.77. The summed E-state index contributed by atoms with van der Waals surface area (Å²) in [6, 6.07) is 0. The third kappa shape index (κ3) is 1.74. The second-order valence-electron chi connectivity index (χ2n) is 10.6. The first-order valence-electron chi connectivity index (χ1n) is 9.99. The highest BCUT2D eigenvalue weighted by molar-refractivity contribution is 5.95. The van der Waals surface area contributed by atoms with Crippen LogP contribution in [0.5, 0.6) is 0 Å². The van der Waals surface area contributed by atoms with Crippen LogP contribution in [0, 0.1) is 39.4 Å². The monoisotopic (exact) mass is 330 g/mol. The van der Waals surface area contributed by atoms with Crippen LogP contribution in [0.4, 0.5) is 0 Å². The highest BCUT2D eigenvalue weighted by Crippen LogP contribution is 2.71. The van der Waals surface area contributed by atoms with Crippen molar-refractivity contribution in [2.24, 2.45) is 39.4 Å². The lowest BCUT2D eigenvalue weighted by Gasteiger charge is -2.64. The molecule has 3 saturated carbocycles. The van der Waals surface area contributed by atoms with Crippen molar-refractivity contribution < 1.29 is 9.90 Å². The highest BCUT2D eigenvalue weighted by Gasteiger charge is 2.66. The minimum atomic E-state index is -0.231. The third-order valence-corrected chi connectivity index (χ3v) is 9.67. The van der Waals surface area contributed by atoms with Gasteiger partial charge >= 0.3 is 0 Å². The van der Waals surface area contributed by atoms with Crippen LogP contribution in [0.3, 0.4) is 0 Å². The molecule has 0 aromatic carbocycles. The average molecular weight is 331 g/mol. The van der Waals surface area contributed by atoms with Crippen LogP contribution < -0.4 is 0 Å². The Hall–Kier alpha value is -0.630. The van der Waals surface area contributed by atoms with Gasteiger partial charge in [-0.1, -0.05) is 40.7 Å². The Morgan fingerprint density at radius 2 is 1.58 bits per heavy atom. The maximum Gasteiger partial charge on any atom is 0.161 e. The largest absolute Gasteiger partial charge is 0.393 e. The number of carbonyl (C=O) groups is 1. The Labute approximate surface area is 147 Å². The third-order valence-electron chi connectivity index (χ3n) is 9.67. The Morgan fingerprint density at radius 1 is 0.917 bits per heavy atom. The molecule has 7 unspecified atom stereocenters. The molecular weight excluding hydrogens is 296 g/mol. The molecule has 4 aliphatic rings. The lowest BCUT2D eigenvalue weighted by Crippen LogP contribution is -2.60.